The molecule has 0 amide bonds. The SMILES string of the molecule is O=S(=O)(/C=C/c1ccc(Cl)cc1)N1CCN(c2ccccn2)CC1. The summed E-state index contributed by atoms with van der Waals surface area (Å²) in [4.78, 5) is 6.40. The van der Waals surface area contributed by atoms with E-state index in [9.17, 15) is 8.42 Å². The average Bonchev–Trinajstić information content (AvgIpc) is 2.62. The molecule has 24 heavy (non-hydrogen) atoms. The predicted molar refractivity (Wildman–Crippen MR) is 97.4 cm³/mol. The molecule has 3 rings (SSSR count). The van der Waals surface area contributed by atoms with Gasteiger partial charge in [0, 0.05) is 42.8 Å². The molecule has 1 aromatic heterocycles. The van der Waals surface area contributed by atoms with Gasteiger partial charge in [-0.1, -0.05) is 29.8 Å². The normalized spacial score (nSPS) is 16.6. The Morgan fingerprint density at radius 3 is 2.33 bits per heavy atom. The fraction of sp³-hybridized carbons (Fsp3) is 0.235. The molecule has 2 heterocycles. The quantitative estimate of drug-likeness (QED) is 0.838. The van der Waals surface area contributed by atoms with E-state index >= 15 is 0 Å². The van der Waals surface area contributed by atoms with Crippen LogP contribution >= 0.6 is 11.6 Å². The molecule has 0 N–H and O–H groups in total. The number of hydrogen-bond acceptors (Lipinski definition) is 4. The largest absolute Gasteiger partial charge is 0.354 e. The van der Waals surface area contributed by atoms with Crippen molar-refractivity contribution >= 4 is 33.5 Å². The molecule has 1 aliphatic rings. The minimum Gasteiger partial charge on any atom is -0.354 e. The van der Waals surface area contributed by atoms with Gasteiger partial charge in [-0.2, -0.15) is 4.31 Å². The van der Waals surface area contributed by atoms with Crippen molar-refractivity contribution in [2.24, 2.45) is 0 Å². The van der Waals surface area contributed by atoms with Crippen LogP contribution in [0.15, 0.2) is 54.1 Å². The lowest BCUT2D eigenvalue weighted by atomic mass is 10.2. The van der Waals surface area contributed by atoms with E-state index in [0.29, 0.717) is 31.2 Å². The molecule has 1 aromatic carbocycles. The summed E-state index contributed by atoms with van der Waals surface area (Å²) < 4.78 is 26.4. The van der Waals surface area contributed by atoms with Crippen LogP contribution in [0.4, 0.5) is 5.82 Å². The van der Waals surface area contributed by atoms with E-state index in [1.54, 1.807) is 36.5 Å². The molecule has 0 radical (unpaired) electrons. The molecule has 0 spiro atoms. The lowest BCUT2D eigenvalue weighted by Gasteiger charge is -2.34. The van der Waals surface area contributed by atoms with E-state index < -0.39 is 10.0 Å². The predicted octanol–water partition coefficient (Wildman–Crippen LogP) is 2.86. The number of hydrogen-bond donors (Lipinski definition) is 0. The van der Waals surface area contributed by atoms with Gasteiger partial charge in [0.15, 0.2) is 0 Å². The van der Waals surface area contributed by atoms with Crippen LogP contribution in [0.3, 0.4) is 0 Å². The van der Waals surface area contributed by atoms with E-state index in [2.05, 4.69) is 9.88 Å². The second-order valence-corrected chi connectivity index (χ2v) is 7.73. The van der Waals surface area contributed by atoms with Crippen LogP contribution in [-0.4, -0.2) is 43.9 Å². The lowest BCUT2D eigenvalue weighted by Crippen LogP contribution is -2.48. The Morgan fingerprint density at radius 2 is 1.71 bits per heavy atom. The maximum absolute atomic E-state index is 12.4. The second kappa shape index (κ2) is 7.34. The van der Waals surface area contributed by atoms with Crippen LogP contribution in [0.5, 0.6) is 0 Å². The zero-order valence-electron chi connectivity index (χ0n) is 13.0. The second-order valence-electron chi connectivity index (χ2n) is 5.47. The molecule has 5 nitrogen and oxygen atoms in total. The summed E-state index contributed by atoms with van der Waals surface area (Å²) in [5, 5.41) is 1.88. The number of rotatable bonds is 4. The number of sulfonamides is 1. The van der Waals surface area contributed by atoms with E-state index in [1.807, 2.05) is 18.2 Å². The summed E-state index contributed by atoms with van der Waals surface area (Å²) in [6.45, 7) is 2.16. The summed E-state index contributed by atoms with van der Waals surface area (Å²) in [7, 11) is -3.42. The molecule has 0 unspecified atom stereocenters. The molecule has 1 fully saturated rings. The first kappa shape index (κ1) is 17.0. The highest BCUT2D eigenvalue weighted by molar-refractivity contribution is 7.92. The van der Waals surface area contributed by atoms with E-state index in [-0.39, 0.29) is 0 Å². The highest BCUT2D eigenvalue weighted by Gasteiger charge is 2.25. The topological polar surface area (TPSA) is 53.5 Å². The third-order valence-electron chi connectivity index (χ3n) is 3.87. The standard InChI is InChI=1S/C17H18ClN3O2S/c18-16-6-4-15(5-7-16)8-14-24(22,23)21-12-10-20(11-13-21)17-3-1-2-9-19-17/h1-9,14H,10-13H2/b14-8+. The molecule has 0 aliphatic carbocycles. The van der Waals surface area contributed by atoms with Gasteiger partial charge >= 0.3 is 0 Å². The van der Waals surface area contributed by atoms with Crippen LogP contribution < -0.4 is 4.90 Å². The van der Waals surface area contributed by atoms with Gasteiger partial charge < -0.3 is 4.90 Å². The Labute approximate surface area is 147 Å². The monoisotopic (exact) mass is 363 g/mol. The lowest BCUT2D eigenvalue weighted by molar-refractivity contribution is 0.389. The summed E-state index contributed by atoms with van der Waals surface area (Å²) in [5.74, 6) is 0.881. The fourth-order valence-corrected chi connectivity index (χ4v) is 3.84. The average molecular weight is 364 g/mol. The summed E-state index contributed by atoms with van der Waals surface area (Å²) in [5.41, 5.74) is 0.801. The molecule has 126 valence electrons. The maximum atomic E-state index is 12.4. The van der Waals surface area contributed by atoms with Gasteiger partial charge in [-0.25, -0.2) is 13.4 Å². The van der Waals surface area contributed by atoms with Gasteiger partial charge in [-0.3, -0.25) is 0 Å². The van der Waals surface area contributed by atoms with E-state index in [4.69, 9.17) is 11.6 Å². The highest BCUT2D eigenvalue weighted by atomic mass is 35.5. The Balaban J connectivity index is 1.63. The molecule has 0 saturated carbocycles. The van der Waals surface area contributed by atoms with Gasteiger partial charge in [0.2, 0.25) is 10.0 Å². The molecule has 2 aromatic rings. The third kappa shape index (κ3) is 4.14. The van der Waals surface area contributed by atoms with Crippen molar-refractivity contribution in [3.8, 4) is 0 Å². The number of benzene rings is 1. The Kier molecular flexibility index (Phi) is 5.18. The molecule has 1 aliphatic heterocycles. The van der Waals surface area contributed by atoms with Crippen molar-refractivity contribution in [3.05, 3.63) is 64.7 Å². The first-order valence-electron chi connectivity index (χ1n) is 7.64. The number of nitrogens with zero attached hydrogens (tertiary/aromatic N) is 3. The Bertz CT molecular complexity index is 799. The van der Waals surface area contributed by atoms with Crippen LogP contribution in [0.1, 0.15) is 5.56 Å². The molecular weight excluding hydrogens is 346 g/mol. The highest BCUT2D eigenvalue weighted by Crippen LogP contribution is 2.16. The minimum absolute atomic E-state index is 0.448. The number of anilines is 1. The van der Waals surface area contributed by atoms with Crippen molar-refractivity contribution in [1.82, 2.24) is 9.29 Å². The fourth-order valence-electron chi connectivity index (χ4n) is 2.54. The summed E-state index contributed by atoms with van der Waals surface area (Å²) in [6, 6.07) is 12.8. The molecule has 7 heteroatoms. The van der Waals surface area contributed by atoms with Gasteiger partial charge in [0.25, 0.3) is 0 Å². The number of pyridine rings is 1. The van der Waals surface area contributed by atoms with Crippen molar-refractivity contribution in [2.45, 2.75) is 0 Å². The molecular formula is C17H18ClN3O2S. The zero-order chi connectivity index (χ0) is 17.0. The van der Waals surface area contributed by atoms with Gasteiger partial charge in [-0.05, 0) is 35.9 Å². The van der Waals surface area contributed by atoms with Crippen molar-refractivity contribution in [2.75, 3.05) is 31.1 Å². The molecule has 0 atom stereocenters. The van der Waals surface area contributed by atoms with Crippen LogP contribution in [0.25, 0.3) is 6.08 Å². The molecule has 0 bridgehead atoms. The van der Waals surface area contributed by atoms with Crippen molar-refractivity contribution < 1.29 is 8.42 Å². The summed E-state index contributed by atoms with van der Waals surface area (Å²) >= 11 is 5.83. The maximum Gasteiger partial charge on any atom is 0.236 e. The zero-order valence-corrected chi connectivity index (χ0v) is 14.6. The van der Waals surface area contributed by atoms with Crippen molar-refractivity contribution in [1.29, 1.82) is 0 Å². The van der Waals surface area contributed by atoms with E-state index in [0.717, 1.165) is 11.4 Å². The van der Waals surface area contributed by atoms with Gasteiger partial charge in [0.1, 0.15) is 5.82 Å². The van der Waals surface area contributed by atoms with Crippen molar-refractivity contribution in [3.63, 3.8) is 0 Å². The number of aromatic nitrogens is 1. The Morgan fingerprint density at radius 1 is 1.00 bits per heavy atom. The summed E-state index contributed by atoms with van der Waals surface area (Å²) in [6.07, 6.45) is 3.34. The smallest absolute Gasteiger partial charge is 0.236 e. The van der Waals surface area contributed by atoms with E-state index in [1.165, 1.54) is 9.71 Å². The first-order chi connectivity index (χ1) is 11.5. The third-order valence-corrected chi connectivity index (χ3v) is 5.69. The first-order valence-corrected chi connectivity index (χ1v) is 9.52. The minimum atomic E-state index is -3.42. The number of halogens is 1. The number of piperazine rings is 1. The van der Waals surface area contributed by atoms with Gasteiger partial charge in [-0.15, -0.1) is 0 Å². The molecule has 1 saturated heterocycles. The van der Waals surface area contributed by atoms with Crippen LogP contribution in [0, 0.1) is 0 Å². The van der Waals surface area contributed by atoms with Gasteiger partial charge in [0.05, 0.1) is 0 Å². The Hall–Kier alpha value is -1.89. The van der Waals surface area contributed by atoms with Crippen LogP contribution in [-0.2, 0) is 10.0 Å². The van der Waals surface area contributed by atoms with Crippen LogP contribution in [0.2, 0.25) is 5.02 Å².